The molecule has 0 atom stereocenters. The molecular formula is C15H16N2O2. The summed E-state index contributed by atoms with van der Waals surface area (Å²) in [4.78, 5) is 11.8. The van der Waals surface area contributed by atoms with E-state index in [0.717, 1.165) is 5.69 Å². The highest BCUT2D eigenvalue weighted by Gasteiger charge is 2.05. The SMILES string of the molecule is O=C(CNc1ccccc1)Nc1ccccc1CO. The number of para-hydroxylation sites is 2. The van der Waals surface area contributed by atoms with Gasteiger partial charge in [0.05, 0.1) is 13.2 Å². The number of nitrogens with one attached hydrogen (secondary N) is 2. The standard InChI is InChI=1S/C15H16N2O2/c18-11-12-6-4-5-9-14(12)17-15(19)10-16-13-7-2-1-3-8-13/h1-9,16,18H,10-11H2,(H,17,19). The molecule has 2 rings (SSSR count). The number of benzene rings is 2. The van der Waals surface area contributed by atoms with Crippen LogP contribution in [0, 0.1) is 0 Å². The summed E-state index contributed by atoms with van der Waals surface area (Å²) in [7, 11) is 0. The van der Waals surface area contributed by atoms with E-state index in [0.29, 0.717) is 11.3 Å². The Bertz CT molecular complexity index is 541. The van der Waals surface area contributed by atoms with Gasteiger partial charge >= 0.3 is 0 Å². The van der Waals surface area contributed by atoms with Gasteiger partial charge in [0.15, 0.2) is 0 Å². The predicted octanol–water partition coefficient (Wildman–Crippen LogP) is 2.23. The molecule has 0 aliphatic carbocycles. The van der Waals surface area contributed by atoms with Gasteiger partial charge in [-0.15, -0.1) is 0 Å². The molecule has 0 aliphatic rings. The lowest BCUT2D eigenvalue weighted by molar-refractivity contribution is -0.114. The molecule has 2 aromatic carbocycles. The number of hydrogen-bond acceptors (Lipinski definition) is 3. The Hall–Kier alpha value is -2.33. The summed E-state index contributed by atoms with van der Waals surface area (Å²) in [6, 6.07) is 16.7. The first kappa shape index (κ1) is 13.1. The molecule has 0 bridgehead atoms. The van der Waals surface area contributed by atoms with Gasteiger partial charge in [0.2, 0.25) is 5.91 Å². The van der Waals surface area contributed by atoms with Crippen molar-refractivity contribution in [1.82, 2.24) is 0 Å². The second-order valence-electron chi connectivity index (χ2n) is 4.08. The van der Waals surface area contributed by atoms with Gasteiger partial charge in [-0.05, 0) is 18.2 Å². The number of carbonyl (C=O) groups excluding carboxylic acids is 1. The van der Waals surface area contributed by atoms with Gasteiger partial charge < -0.3 is 15.7 Å². The first-order chi connectivity index (χ1) is 9.29. The lowest BCUT2D eigenvalue weighted by Gasteiger charge is -2.10. The largest absolute Gasteiger partial charge is 0.392 e. The minimum Gasteiger partial charge on any atom is -0.392 e. The topological polar surface area (TPSA) is 61.4 Å². The quantitative estimate of drug-likeness (QED) is 0.768. The molecule has 98 valence electrons. The van der Waals surface area contributed by atoms with Gasteiger partial charge in [-0.1, -0.05) is 36.4 Å². The Kier molecular flexibility index (Phi) is 4.53. The lowest BCUT2D eigenvalue weighted by atomic mass is 10.2. The van der Waals surface area contributed by atoms with Gasteiger partial charge in [0.1, 0.15) is 0 Å². The zero-order valence-electron chi connectivity index (χ0n) is 10.5. The van der Waals surface area contributed by atoms with Crippen LogP contribution < -0.4 is 10.6 Å². The van der Waals surface area contributed by atoms with Crippen molar-refractivity contribution in [1.29, 1.82) is 0 Å². The van der Waals surface area contributed by atoms with Crippen molar-refractivity contribution in [3.8, 4) is 0 Å². The zero-order chi connectivity index (χ0) is 13.5. The Balaban J connectivity index is 1.91. The molecule has 19 heavy (non-hydrogen) atoms. The fourth-order valence-electron chi connectivity index (χ4n) is 1.71. The molecule has 0 saturated carbocycles. The number of aliphatic hydroxyl groups excluding tert-OH is 1. The van der Waals surface area contributed by atoms with Crippen LogP contribution in [-0.2, 0) is 11.4 Å². The number of aliphatic hydroxyl groups is 1. The normalized spacial score (nSPS) is 9.95. The van der Waals surface area contributed by atoms with Crippen LogP contribution in [0.5, 0.6) is 0 Å². The molecule has 0 heterocycles. The molecule has 0 unspecified atom stereocenters. The van der Waals surface area contributed by atoms with Crippen LogP contribution in [0.15, 0.2) is 54.6 Å². The third-order valence-electron chi connectivity index (χ3n) is 2.69. The second kappa shape index (κ2) is 6.56. The van der Waals surface area contributed by atoms with Crippen molar-refractivity contribution >= 4 is 17.3 Å². The number of carbonyl (C=O) groups is 1. The molecule has 0 spiro atoms. The monoisotopic (exact) mass is 256 g/mol. The summed E-state index contributed by atoms with van der Waals surface area (Å²) in [5, 5.41) is 15.0. The molecule has 2 aromatic rings. The number of amides is 1. The van der Waals surface area contributed by atoms with E-state index in [9.17, 15) is 9.90 Å². The Labute approximate surface area is 112 Å². The second-order valence-corrected chi connectivity index (χ2v) is 4.08. The molecule has 3 N–H and O–H groups in total. The molecular weight excluding hydrogens is 240 g/mol. The van der Waals surface area contributed by atoms with Crippen LogP contribution in [0.2, 0.25) is 0 Å². The highest BCUT2D eigenvalue weighted by atomic mass is 16.3. The molecule has 0 aromatic heterocycles. The average Bonchev–Trinajstić information content (AvgIpc) is 2.47. The molecule has 0 fully saturated rings. The van der Waals surface area contributed by atoms with E-state index in [1.165, 1.54) is 0 Å². The number of rotatable bonds is 5. The van der Waals surface area contributed by atoms with E-state index in [1.54, 1.807) is 12.1 Å². The van der Waals surface area contributed by atoms with Crippen LogP contribution >= 0.6 is 0 Å². The average molecular weight is 256 g/mol. The minimum absolute atomic E-state index is 0.0947. The smallest absolute Gasteiger partial charge is 0.243 e. The maximum atomic E-state index is 11.8. The molecule has 0 radical (unpaired) electrons. The highest BCUT2D eigenvalue weighted by Crippen LogP contribution is 2.14. The highest BCUT2D eigenvalue weighted by molar-refractivity contribution is 5.94. The number of hydrogen-bond donors (Lipinski definition) is 3. The molecule has 4 nitrogen and oxygen atoms in total. The van der Waals surface area contributed by atoms with Gasteiger partial charge in [-0.3, -0.25) is 4.79 Å². The van der Waals surface area contributed by atoms with Crippen LogP contribution in [0.4, 0.5) is 11.4 Å². The summed E-state index contributed by atoms with van der Waals surface area (Å²) in [5.41, 5.74) is 2.24. The summed E-state index contributed by atoms with van der Waals surface area (Å²) >= 11 is 0. The van der Waals surface area contributed by atoms with Crippen LogP contribution in [0.25, 0.3) is 0 Å². The molecule has 0 aliphatic heterocycles. The summed E-state index contributed by atoms with van der Waals surface area (Å²) in [5.74, 6) is -0.148. The van der Waals surface area contributed by atoms with Gasteiger partial charge in [-0.2, -0.15) is 0 Å². The fraction of sp³-hybridized carbons (Fsp3) is 0.133. The third kappa shape index (κ3) is 3.82. The van der Waals surface area contributed by atoms with Crippen molar-refractivity contribution in [2.24, 2.45) is 0 Å². The molecule has 4 heteroatoms. The summed E-state index contributed by atoms with van der Waals surface area (Å²) in [6.45, 7) is 0.0896. The lowest BCUT2D eigenvalue weighted by Crippen LogP contribution is -2.22. The predicted molar refractivity (Wildman–Crippen MR) is 75.9 cm³/mol. The van der Waals surface area contributed by atoms with Crippen molar-refractivity contribution in [2.75, 3.05) is 17.2 Å². The maximum Gasteiger partial charge on any atom is 0.243 e. The van der Waals surface area contributed by atoms with E-state index in [-0.39, 0.29) is 19.1 Å². The van der Waals surface area contributed by atoms with Crippen LogP contribution in [-0.4, -0.2) is 17.6 Å². The Morgan fingerprint density at radius 2 is 1.68 bits per heavy atom. The Morgan fingerprint density at radius 1 is 1.00 bits per heavy atom. The van der Waals surface area contributed by atoms with Gasteiger partial charge in [0.25, 0.3) is 0 Å². The van der Waals surface area contributed by atoms with Crippen LogP contribution in [0.1, 0.15) is 5.56 Å². The van der Waals surface area contributed by atoms with E-state index in [4.69, 9.17) is 0 Å². The van der Waals surface area contributed by atoms with Crippen molar-refractivity contribution < 1.29 is 9.90 Å². The maximum absolute atomic E-state index is 11.8. The summed E-state index contributed by atoms with van der Waals surface area (Å²) < 4.78 is 0. The summed E-state index contributed by atoms with van der Waals surface area (Å²) in [6.07, 6.45) is 0. The molecule has 1 amide bonds. The minimum atomic E-state index is -0.148. The first-order valence-corrected chi connectivity index (χ1v) is 6.07. The first-order valence-electron chi connectivity index (χ1n) is 6.07. The van der Waals surface area contributed by atoms with Crippen molar-refractivity contribution in [3.05, 3.63) is 60.2 Å². The van der Waals surface area contributed by atoms with Crippen LogP contribution in [0.3, 0.4) is 0 Å². The van der Waals surface area contributed by atoms with E-state index in [1.807, 2.05) is 42.5 Å². The molecule has 0 saturated heterocycles. The van der Waals surface area contributed by atoms with Crippen molar-refractivity contribution in [2.45, 2.75) is 6.61 Å². The number of anilines is 2. The Morgan fingerprint density at radius 3 is 2.42 bits per heavy atom. The zero-order valence-corrected chi connectivity index (χ0v) is 10.5. The van der Waals surface area contributed by atoms with Gasteiger partial charge in [-0.25, -0.2) is 0 Å². The third-order valence-corrected chi connectivity index (χ3v) is 2.69. The van der Waals surface area contributed by atoms with E-state index >= 15 is 0 Å². The fourth-order valence-corrected chi connectivity index (χ4v) is 1.71. The van der Waals surface area contributed by atoms with E-state index < -0.39 is 0 Å². The van der Waals surface area contributed by atoms with E-state index in [2.05, 4.69) is 10.6 Å². The van der Waals surface area contributed by atoms with Gasteiger partial charge in [0, 0.05) is 16.9 Å². The van der Waals surface area contributed by atoms with Crippen molar-refractivity contribution in [3.63, 3.8) is 0 Å².